The molecular formula is C26H27F4N7S. The van der Waals surface area contributed by atoms with Crippen LogP contribution in [-0.2, 0) is 6.18 Å². The number of likely N-dealkylation sites (N-methyl/N-ethyl adjacent to an activating group) is 1. The van der Waals surface area contributed by atoms with Crippen LogP contribution in [0.25, 0.3) is 32.2 Å². The maximum absolute atomic E-state index is 15.9. The number of hydrogen-bond acceptors (Lipinski definition) is 8. The molecule has 1 saturated heterocycles. The van der Waals surface area contributed by atoms with Gasteiger partial charge in [0.15, 0.2) is 5.82 Å². The average molecular weight is 546 g/mol. The zero-order valence-electron chi connectivity index (χ0n) is 21.2. The molecule has 0 bridgehead atoms. The molecule has 0 aliphatic carbocycles. The van der Waals surface area contributed by atoms with Crippen LogP contribution in [0, 0.1) is 5.82 Å². The fourth-order valence-electron chi connectivity index (χ4n) is 4.71. The lowest BCUT2D eigenvalue weighted by atomic mass is 10.0. The molecule has 200 valence electrons. The minimum atomic E-state index is -4.79. The third-order valence-corrected chi connectivity index (χ3v) is 8.00. The van der Waals surface area contributed by atoms with E-state index >= 15 is 4.39 Å². The van der Waals surface area contributed by atoms with Gasteiger partial charge in [0.1, 0.15) is 17.0 Å². The van der Waals surface area contributed by atoms with Gasteiger partial charge in [-0.15, -0.1) is 11.3 Å². The number of nitrogens with zero attached hydrogens (tertiary/aromatic N) is 6. The van der Waals surface area contributed by atoms with Gasteiger partial charge in [-0.05, 0) is 36.2 Å². The topological polar surface area (TPSA) is 84.1 Å². The van der Waals surface area contributed by atoms with Crippen molar-refractivity contribution in [2.75, 3.05) is 43.4 Å². The van der Waals surface area contributed by atoms with E-state index in [1.54, 1.807) is 24.4 Å². The average Bonchev–Trinajstić information content (AvgIpc) is 3.30. The molecule has 1 aliphatic heterocycles. The molecule has 0 saturated carbocycles. The molecule has 5 heterocycles. The van der Waals surface area contributed by atoms with Crippen molar-refractivity contribution in [3.63, 3.8) is 0 Å². The normalized spacial score (nSPS) is 15.1. The van der Waals surface area contributed by atoms with Gasteiger partial charge in [-0.3, -0.25) is 9.97 Å². The molecule has 7 nitrogen and oxygen atoms in total. The van der Waals surface area contributed by atoms with Gasteiger partial charge < -0.3 is 15.5 Å². The second-order valence-corrected chi connectivity index (χ2v) is 10.5. The molecule has 4 aromatic rings. The second-order valence-electron chi connectivity index (χ2n) is 9.45. The Balaban J connectivity index is 1.59. The smallest absolute Gasteiger partial charge is 0.368 e. The highest BCUT2D eigenvalue weighted by Gasteiger charge is 2.40. The summed E-state index contributed by atoms with van der Waals surface area (Å²) in [6, 6.07) is 5.09. The van der Waals surface area contributed by atoms with E-state index in [-0.39, 0.29) is 33.6 Å². The Morgan fingerprint density at radius 2 is 1.74 bits per heavy atom. The van der Waals surface area contributed by atoms with Crippen LogP contribution in [0.4, 0.5) is 29.2 Å². The lowest BCUT2D eigenvalue weighted by Gasteiger charge is -2.35. The van der Waals surface area contributed by atoms with Gasteiger partial charge in [-0.25, -0.2) is 14.4 Å². The van der Waals surface area contributed by atoms with Gasteiger partial charge in [-0.1, -0.05) is 20.8 Å². The predicted octanol–water partition coefficient (Wildman–Crippen LogP) is 5.82. The van der Waals surface area contributed by atoms with E-state index < -0.39 is 23.3 Å². The fourth-order valence-corrected chi connectivity index (χ4v) is 6.14. The molecule has 1 fully saturated rings. The Bertz CT molecular complexity index is 1460. The van der Waals surface area contributed by atoms with Crippen molar-refractivity contribution >= 4 is 33.2 Å². The minimum absolute atomic E-state index is 0.0587. The summed E-state index contributed by atoms with van der Waals surface area (Å²) in [5.74, 6) is -1.42. The lowest BCUT2D eigenvalue weighted by Crippen LogP contribution is -2.46. The number of aromatic nitrogens is 4. The summed E-state index contributed by atoms with van der Waals surface area (Å²) < 4.78 is 59.2. The number of piperazine rings is 1. The first kappa shape index (κ1) is 26.2. The first-order valence-corrected chi connectivity index (χ1v) is 13.2. The first-order valence-electron chi connectivity index (χ1n) is 12.3. The molecule has 0 spiro atoms. The fraction of sp³-hybridized carbons (Fsp3) is 0.385. The van der Waals surface area contributed by atoms with Crippen molar-refractivity contribution in [1.82, 2.24) is 24.8 Å². The summed E-state index contributed by atoms with van der Waals surface area (Å²) in [6.07, 6.45) is -1.83. The Labute approximate surface area is 221 Å². The highest BCUT2D eigenvalue weighted by Crippen LogP contribution is 2.48. The van der Waals surface area contributed by atoms with Crippen LogP contribution in [0.5, 0.6) is 0 Å². The molecule has 1 aliphatic rings. The molecule has 38 heavy (non-hydrogen) atoms. The minimum Gasteiger partial charge on any atom is -0.368 e. The Morgan fingerprint density at radius 1 is 1.03 bits per heavy atom. The predicted molar refractivity (Wildman–Crippen MR) is 142 cm³/mol. The van der Waals surface area contributed by atoms with Gasteiger partial charge in [0, 0.05) is 32.4 Å². The first-order chi connectivity index (χ1) is 18.1. The van der Waals surface area contributed by atoms with Crippen LogP contribution < -0.4 is 10.6 Å². The standard InChI is InChI=1S/C26H27F4N7S/c1-4-36-9-11-37(12-10-36)15-5-6-17(33-13-15)20-19(27)22(35-25(31)34-20)24-18(26(28,29)30)21-23(38-24)16(14(2)3)7-8-32-21/h5-8,13-14H,4,9-12H2,1-3H3,(H2,31,34,35). The van der Waals surface area contributed by atoms with E-state index in [0.29, 0.717) is 10.3 Å². The van der Waals surface area contributed by atoms with Crippen LogP contribution in [0.1, 0.15) is 37.8 Å². The van der Waals surface area contributed by atoms with Crippen LogP contribution in [-0.4, -0.2) is 57.6 Å². The molecule has 0 atom stereocenters. The molecule has 12 heteroatoms. The van der Waals surface area contributed by atoms with Crippen LogP contribution >= 0.6 is 11.3 Å². The molecule has 5 rings (SSSR count). The van der Waals surface area contributed by atoms with Crippen molar-refractivity contribution in [2.45, 2.75) is 32.9 Å². The number of pyridine rings is 2. The molecule has 2 N–H and O–H groups in total. The zero-order chi connectivity index (χ0) is 27.2. The molecule has 0 aromatic carbocycles. The summed E-state index contributed by atoms with van der Waals surface area (Å²) >= 11 is 0.809. The second kappa shape index (κ2) is 10.1. The number of thiophene rings is 1. The van der Waals surface area contributed by atoms with E-state index in [0.717, 1.165) is 49.7 Å². The van der Waals surface area contributed by atoms with Crippen molar-refractivity contribution in [3.8, 4) is 22.0 Å². The van der Waals surface area contributed by atoms with Crippen LogP contribution in [0.2, 0.25) is 0 Å². The lowest BCUT2D eigenvalue weighted by molar-refractivity contribution is -0.135. The van der Waals surface area contributed by atoms with Gasteiger partial charge in [0.25, 0.3) is 0 Å². The van der Waals surface area contributed by atoms with Crippen LogP contribution in [0.15, 0.2) is 30.6 Å². The van der Waals surface area contributed by atoms with Gasteiger partial charge in [0.2, 0.25) is 5.95 Å². The highest BCUT2D eigenvalue weighted by molar-refractivity contribution is 7.22. The summed E-state index contributed by atoms with van der Waals surface area (Å²) in [6.45, 7) is 10.4. The number of alkyl halides is 3. The summed E-state index contributed by atoms with van der Waals surface area (Å²) in [4.78, 5) is 20.5. The summed E-state index contributed by atoms with van der Waals surface area (Å²) in [5, 5.41) is 0. The van der Waals surface area contributed by atoms with Gasteiger partial charge in [0.05, 0.1) is 32.7 Å². The van der Waals surface area contributed by atoms with Gasteiger partial charge in [-0.2, -0.15) is 13.2 Å². The van der Waals surface area contributed by atoms with E-state index in [2.05, 4.69) is 36.7 Å². The number of halogens is 4. The van der Waals surface area contributed by atoms with Gasteiger partial charge >= 0.3 is 6.18 Å². The molecular weight excluding hydrogens is 518 g/mol. The number of nitrogens with two attached hydrogens (primary N) is 1. The zero-order valence-corrected chi connectivity index (χ0v) is 22.0. The van der Waals surface area contributed by atoms with E-state index in [1.807, 2.05) is 13.8 Å². The van der Waals surface area contributed by atoms with E-state index in [9.17, 15) is 13.2 Å². The van der Waals surface area contributed by atoms with Crippen LogP contribution in [0.3, 0.4) is 0 Å². The highest BCUT2D eigenvalue weighted by atomic mass is 32.1. The number of nitrogen functional groups attached to an aromatic ring is 1. The van der Waals surface area contributed by atoms with E-state index in [4.69, 9.17) is 5.73 Å². The quantitative estimate of drug-likeness (QED) is 0.316. The number of hydrogen-bond donors (Lipinski definition) is 1. The third-order valence-electron chi connectivity index (χ3n) is 6.77. The Hall–Kier alpha value is -3.38. The maximum Gasteiger partial charge on any atom is 0.419 e. The Kier molecular flexibility index (Phi) is 6.95. The molecule has 4 aromatic heterocycles. The molecule has 0 radical (unpaired) electrons. The SMILES string of the molecule is CCN1CCN(c2ccc(-c3nc(N)nc(-c4sc5c(C(C)C)ccnc5c4C(F)(F)F)c3F)nc2)CC1. The van der Waals surface area contributed by atoms with Crippen molar-refractivity contribution in [3.05, 3.63) is 47.5 Å². The number of anilines is 2. The number of fused-ring (bicyclic) bond motifs is 1. The van der Waals surface area contributed by atoms with E-state index in [1.165, 1.54) is 6.20 Å². The van der Waals surface area contributed by atoms with Crippen molar-refractivity contribution in [1.29, 1.82) is 0 Å². The monoisotopic (exact) mass is 545 g/mol. The largest absolute Gasteiger partial charge is 0.419 e. The molecule has 0 amide bonds. The third kappa shape index (κ3) is 4.78. The number of rotatable bonds is 5. The summed E-state index contributed by atoms with van der Waals surface area (Å²) in [7, 11) is 0. The Morgan fingerprint density at radius 3 is 2.34 bits per heavy atom. The summed E-state index contributed by atoms with van der Waals surface area (Å²) in [5.41, 5.74) is 5.59. The van der Waals surface area contributed by atoms with Crippen molar-refractivity contribution < 1.29 is 17.6 Å². The maximum atomic E-state index is 15.9. The molecule has 0 unspecified atom stereocenters. The van der Waals surface area contributed by atoms with Crippen molar-refractivity contribution in [2.24, 2.45) is 0 Å².